The lowest BCUT2D eigenvalue weighted by atomic mass is 10.1. The van der Waals surface area contributed by atoms with Crippen LogP contribution in [-0.2, 0) is 4.79 Å². The number of carbonyl (C=O) groups is 1. The van der Waals surface area contributed by atoms with Crippen LogP contribution in [0.1, 0.15) is 30.1 Å². The Morgan fingerprint density at radius 3 is 3.00 bits per heavy atom. The molecule has 1 aliphatic rings. The lowest BCUT2D eigenvalue weighted by Gasteiger charge is -2.01. The summed E-state index contributed by atoms with van der Waals surface area (Å²) in [6, 6.07) is 4.19. The third-order valence-electron chi connectivity index (χ3n) is 2.19. The van der Waals surface area contributed by atoms with Crippen molar-refractivity contribution in [3.05, 3.63) is 22.4 Å². The maximum atomic E-state index is 11.0. The molecular weight excluding hydrogens is 156 g/mol. The highest BCUT2D eigenvalue weighted by Gasteiger charge is 2.23. The van der Waals surface area contributed by atoms with Gasteiger partial charge in [-0.3, -0.25) is 4.79 Å². The van der Waals surface area contributed by atoms with Crippen molar-refractivity contribution in [1.29, 1.82) is 0 Å². The lowest BCUT2D eigenvalue weighted by Crippen LogP contribution is -1.90. The molecule has 1 atom stereocenters. The molecule has 1 nitrogen and oxygen atoms in total. The van der Waals surface area contributed by atoms with Gasteiger partial charge in [0.1, 0.15) is 5.78 Å². The van der Waals surface area contributed by atoms with Gasteiger partial charge >= 0.3 is 0 Å². The summed E-state index contributed by atoms with van der Waals surface area (Å²) in [5.74, 6) is 0.978. The first-order valence-electron chi connectivity index (χ1n) is 3.91. The summed E-state index contributed by atoms with van der Waals surface area (Å²) in [6.07, 6.45) is 2.64. The summed E-state index contributed by atoms with van der Waals surface area (Å²) in [7, 11) is 0. The molecule has 1 aromatic rings. The Balaban J connectivity index is 2.13. The van der Waals surface area contributed by atoms with Crippen molar-refractivity contribution in [2.75, 3.05) is 0 Å². The monoisotopic (exact) mass is 166 g/mol. The summed E-state index contributed by atoms with van der Waals surface area (Å²) in [5, 5.41) is 2.08. The number of Topliss-reactive ketones (excluding diaryl/α,β-unsaturated/α-hetero) is 1. The fourth-order valence-electron chi connectivity index (χ4n) is 1.58. The van der Waals surface area contributed by atoms with Gasteiger partial charge in [-0.1, -0.05) is 6.07 Å². The van der Waals surface area contributed by atoms with E-state index >= 15 is 0 Å². The van der Waals surface area contributed by atoms with Crippen molar-refractivity contribution in [3.63, 3.8) is 0 Å². The van der Waals surface area contributed by atoms with E-state index in [4.69, 9.17) is 0 Å². The maximum Gasteiger partial charge on any atom is 0.133 e. The average molecular weight is 166 g/mol. The van der Waals surface area contributed by atoms with Crippen molar-refractivity contribution in [1.82, 2.24) is 0 Å². The average Bonchev–Trinajstić information content (AvgIpc) is 2.55. The van der Waals surface area contributed by atoms with Gasteiger partial charge in [0.15, 0.2) is 0 Å². The van der Waals surface area contributed by atoms with Crippen LogP contribution in [-0.4, -0.2) is 5.78 Å². The van der Waals surface area contributed by atoms with E-state index in [1.165, 1.54) is 4.88 Å². The molecule has 1 fully saturated rings. The van der Waals surface area contributed by atoms with Crippen LogP contribution in [0.15, 0.2) is 17.5 Å². The van der Waals surface area contributed by atoms with Crippen LogP contribution >= 0.6 is 11.3 Å². The molecule has 0 amide bonds. The molecule has 0 bridgehead atoms. The number of rotatable bonds is 1. The summed E-state index contributed by atoms with van der Waals surface area (Å²) in [4.78, 5) is 12.3. The second kappa shape index (κ2) is 2.78. The van der Waals surface area contributed by atoms with Gasteiger partial charge in [-0.05, 0) is 17.9 Å². The Morgan fingerprint density at radius 2 is 2.45 bits per heavy atom. The van der Waals surface area contributed by atoms with E-state index in [2.05, 4.69) is 17.5 Å². The Kier molecular flexibility index (Phi) is 1.78. The topological polar surface area (TPSA) is 17.1 Å². The first-order chi connectivity index (χ1) is 5.36. The molecule has 1 saturated carbocycles. The molecule has 2 rings (SSSR count). The van der Waals surface area contributed by atoms with Crippen LogP contribution in [0, 0.1) is 0 Å². The zero-order chi connectivity index (χ0) is 7.68. The number of hydrogen-bond donors (Lipinski definition) is 0. The normalized spacial score (nSPS) is 24.4. The van der Waals surface area contributed by atoms with E-state index in [1.54, 1.807) is 11.3 Å². The number of ketones is 1. The Morgan fingerprint density at radius 1 is 1.55 bits per heavy atom. The van der Waals surface area contributed by atoms with Gasteiger partial charge in [0, 0.05) is 23.6 Å². The van der Waals surface area contributed by atoms with E-state index < -0.39 is 0 Å². The van der Waals surface area contributed by atoms with Crippen LogP contribution in [0.4, 0.5) is 0 Å². The summed E-state index contributed by atoms with van der Waals surface area (Å²) >= 11 is 1.77. The van der Waals surface area contributed by atoms with Crippen LogP contribution in [0.3, 0.4) is 0 Å². The van der Waals surface area contributed by atoms with Gasteiger partial charge < -0.3 is 0 Å². The zero-order valence-electron chi connectivity index (χ0n) is 6.25. The van der Waals surface area contributed by atoms with E-state index in [1.807, 2.05) is 0 Å². The van der Waals surface area contributed by atoms with E-state index in [0.29, 0.717) is 11.7 Å². The highest BCUT2D eigenvalue weighted by Crippen LogP contribution is 2.34. The molecule has 0 spiro atoms. The maximum absolute atomic E-state index is 11.0. The van der Waals surface area contributed by atoms with Crippen molar-refractivity contribution in [2.24, 2.45) is 0 Å². The minimum Gasteiger partial charge on any atom is -0.300 e. The van der Waals surface area contributed by atoms with E-state index in [9.17, 15) is 4.79 Å². The van der Waals surface area contributed by atoms with Gasteiger partial charge in [0.25, 0.3) is 0 Å². The van der Waals surface area contributed by atoms with Crippen molar-refractivity contribution in [2.45, 2.75) is 25.2 Å². The molecule has 0 N–H and O–H groups in total. The molecule has 1 aromatic heterocycles. The first-order valence-corrected chi connectivity index (χ1v) is 4.79. The van der Waals surface area contributed by atoms with Crippen molar-refractivity contribution in [3.8, 4) is 0 Å². The van der Waals surface area contributed by atoms with Gasteiger partial charge in [0.2, 0.25) is 0 Å². The van der Waals surface area contributed by atoms with Crippen LogP contribution in [0.2, 0.25) is 0 Å². The SMILES string of the molecule is O=C1CCC(c2cccs2)C1. The molecule has 1 heterocycles. The highest BCUT2D eigenvalue weighted by molar-refractivity contribution is 7.10. The molecule has 2 heteroatoms. The second-order valence-corrected chi connectivity index (χ2v) is 3.97. The van der Waals surface area contributed by atoms with E-state index in [-0.39, 0.29) is 0 Å². The fourth-order valence-corrected chi connectivity index (χ4v) is 2.45. The largest absolute Gasteiger partial charge is 0.300 e. The van der Waals surface area contributed by atoms with Gasteiger partial charge in [-0.25, -0.2) is 0 Å². The molecule has 0 aromatic carbocycles. The van der Waals surface area contributed by atoms with Crippen molar-refractivity contribution >= 4 is 17.1 Å². The van der Waals surface area contributed by atoms with Gasteiger partial charge in [-0.15, -0.1) is 11.3 Å². The van der Waals surface area contributed by atoms with E-state index in [0.717, 1.165) is 19.3 Å². The number of hydrogen-bond acceptors (Lipinski definition) is 2. The molecule has 0 radical (unpaired) electrons. The van der Waals surface area contributed by atoms with Gasteiger partial charge in [0.05, 0.1) is 0 Å². The summed E-state index contributed by atoms with van der Waals surface area (Å²) in [6.45, 7) is 0. The molecular formula is C9H10OS. The minimum absolute atomic E-state index is 0.434. The molecule has 1 unspecified atom stereocenters. The smallest absolute Gasteiger partial charge is 0.133 e. The summed E-state index contributed by atoms with van der Waals surface area (Å²) in [5.41, 5.74) is 0. The third kappa shape index (κ3) is 1.36. The fraction of sp³-hybridized carbons (Fsp3) is 0.444. The number of carbonyl (C=O) groups excluding carboxylic acids is 1. The van der Waals surface area contributed by atoms with Gasteiger partial charge in [-0.2, -0.15) is 0 Å². The Bertz CT molecular complexity index is 251. The van der Waals surface area contributed by atoms with Crippen molar-refractivity contribution < 1.29 is 4.79 Å². The zero-order valence-corrected chi connectivity index (χ0v) is 7.06. The third-order valence-corrected chi connectivity index (χ3v) is 3.23. The van der Waals surface area contributed by atoms with Crippen LogP contribution < -0.4 is 0 Å². The molecule has 11 heavy (non-hydrogen) atoms. The number of thiophene rings is 1. The first kappa shape index (κ1) is 7.04. The standard InChI is InChI=1S/C9H10OS/c10-8-4-3-7(6-8)9-2-1-5-11-9/h1-2,5,7H,3-4,6H2. The van der Waals surface area contributed by atoms with Crippen LogP contribution in [0.5, 0.6) is 0 Å². The quantitative estimate of drug-likeness (QED) is 0.626. The minimum atomic E-state index is 0.434. The molecule has 1 aliphatic carbocycles. The predicted octanol–water partition coefficient (Wildman–Crippen LogP) is 2.58. The molecule has 0 saturated heterocycles. The van der Waals surface area contributed by atoms with Crippen LogP contribution in [0.25, 0.3) is 0 Å². The summed E-state index contributed by atoms with van der Waals surface area (Å²) < 4.78 is 0. The lowest BCUT2D eigenvalue weighted by molar-refractivity contribution is -0.117. The molecule has 0 aliphatic heterocycles. The second-order valence-electron chi connectivity index (χ2n) is 2.99. The predicted molar refractivity (Wildman–Crippen MR) is 45.9 cm³/mol. The molecule has 58 valence electrons. The highest BCUT2D eigenvalue weighted by atomic mass is 32.1. The Labute approximate surface area is 70.1 Å². The Hall–Kier alpha value is -0.630.